The summed E-state index contributed by atoms with van der Waals surface area (Å²) >= 11 is 7.50. The van der Waals surface area contributed by atoms with Crippen LogP contribution < -0.4 is 4.74 Å². The summed E-state index contributed by atoms with van der Waals surface area (Å²) in [6.45, 7) is 0.357. The summed E-state index contributed by atoms with van der Waals surface area (Å²) in [5.74, 6) is 0.585. The Balaban J connectivity index is 1.63. The van der Waals surface area contributed by atoms with E-state index >= 15 is 0 Å². The summed E-state index contributed by atoms with van der Waals surface area (Å²) in [5.41, 5.74) is 2.57. The Kier molecular flexibility index (Phi) is 4.92. The molecule has 3 aromatic rings. The summed E-state index contributed by atoms with van der Waals surface area (Å²) in [6, 6.07) is 17.1. The van der Waals surface area contributed by atoms with Crippen molar-refractivity contribution in [2.24, 2.45) is 0 Å². The van der Waals surface area contributed by atoms with Gasteiger partial charge in [0, 0.05) is 16.8 Å². The molecule has 0 amide bonds. The van der Waals surface area contributed by atoms with Crippen molar-refractivity contribution >= 4 is 22.9 Å². The minimum atomic E-state index is 0.357. The SMILES string of the molecule is N#Cc1ccccc1OCc1csc(Cc2ccc(Cl)cc2)n1. The number of benzene rings is 2. The van der Waals surface area contributed by atoms with Crippen molar-refractivity contribution in [3.8, 4) is 11.8 Å². The van der Waals surface area contributed by atoms with E-state index in [0.717, 1.165) is 22.1 Å². The largest absolute Gasteiger partial charge is 0.486 e. The molecule has 0 bridgehead atoms. The maximum Gasteiger partial charge on any atom is 0.137 e. The number of rotatable bonds is 5. The van der Waals surface area contributed by atoms with Crippen LogP contribution in [0.2, 0.25) is 5.02 Å². The minimum Gasteiger partial charge on any atom is -0.486 e. The van der Waals surface area contributed by atoms with Crippen LogP contribution in [0, 0.1) is 11.3 Å². The molecule has 0 N–H and O–H groups in total. The van der Waals surface area contributed by atoms with E-state index in [-0.39, 0.29) is 0 Å². The third-order valence-electron chi connectivity index (χ3n) is 3.25. The Bertz CT molecular complexity index is 837. The average Bonchev–Trinajstić information content (AvgIpc) is 3.03. The van der Waals surface area contributed by atoms with Crippen molar-refractivity contribution in [3.63, 3.8) is 0 Å². The second-order valence-corrected chi connectivity index (χ2v) is 6.31. The summed E-state index contributed by atoms with van der Waals surface area (Å²) < 4.78 is 5.70. The third kappa shape index (κ3) is 4.10. The fraction of sp³-hybridized carbons (Fsp3) is 0.111. The van der Waals surface area contributed by atoms with Crippen LogP contribution in [-0.4, -0.2) is 4.98 Å². The van der Waals surface area contributed by atoms with E-state index in [2.05, 4.69) is 11.1 Å². The molecule has 0 fully saturated rings. The van der Waals surface area contributed by atoms with Crippen LogP contribution in [0.5, 0.6) is 5.75 Å². The van der Waals surface area contributed by atoms with Gasteiger partial charge in [0.1, 0.15) is 18.4 Å². The van der Waals surface area contributed by atoms with Crippen LogP contribution >= 0.6 is 22.9 Å². The Morgan fingerprint density at radius 3 is 2.70 bits per heavy atom. The maximum absolute atomic E-state index is 9.05. The Morgan fingerprint density at radius 2 is 1.91 bits per heavy atom. The first kappa shape index (κ1) is 15.5. The molecule has 0 aliphatic carbocycles. The standard InChI is InChI=1S/C18H13ClN2OS/c19-15-7-5-13(6-8-15)9-18-21-16(12-23-18)11-22-17-4-2-1-3-14(17)10-20/h1-8,12H,9,11H2. The van der Waals surface area contributed by atoms with Crippen molar-refractivity contribution in [2.45, 2.75) is 13.0 Å². The smallest absolute Gasteiger partial charge is 0.137 e. The molecule has 2 aromatic carbocycles. The number of para-hydroxylation sites is 1. The molecule has 0 aliphatic heterocycles. The molecule has 1 aromatic heterocycles. The number of thiazole rings is 1. The molecular weight excluding hydrogens is 328 g/mol. The third-order valence-corrected chi connectivity index (χ3v) is 4.40. The van der Waals surface area contributed by atoms with Gasteiger partial charge in [0.05, 0.1) is 16.3 Å². The van der Waals surface area contributed by atoms with Crippen LogP contribution in [0.25, 0.3) is 0 Å². The number of hydrogen-bond acceptors (Lipinski definition) is 4. The van der Waals surface area contributed by atoms with E-state index in [0.29, 0.717) is 17.9 Å². The van der Waals surface area contributed by atoms with Crippen molar-refractivity contribution < 1.29 is 4.74 Å². The number of nitrogens with zero attached hydrogens (tertiary/aromatic N) is 2. The van der Waals surface area contributed by atoms with Crippen molar-refractivity contribution in [1.29, 1.82) is 5.26 Å². The summed E-state index contributed by atoms with van der Waals surface area (Å²) in [5, 5.41) is 12.8. The van der Waals surface area contributed by atoms with Crippen LogP contribution in [0.15, 0.2) is 53.9 Å². The van der Waals surface area contributed by atoms with Crippen LogP contribution in [0.3, 0.4) is 0 Å². The van der Waals surface area contributed by atoms with Gasteiger partial charge < -0.3 is 4.74 Å². The normalized spacial score (nSPS) is 10.3. The molecule has 0 saturated heterocycles. The van der Waals surface area contributed by atoms with Crippen LogP contribution in [0.1, 0.15) is 21.8 Å². The molecule has 114 valence electrons. The zero-order valence-corrected chi connectivity index (χ0v) is 13.8. The molecular formula is C18H13ClN2OS. The lowest BCUT2D eigenvalue weighted by atomic mass is 10.2. The van der Waals surface area contributed by atoms with Crippen molar-refractivity contribution in [1.82, 2.24) is 4.98 Å². The van der Waals surface area contributed by atoms with Crippen molar-refractivity contribution in [3.05, 3.63) is 80.8 Å². The zero-order valence-electron chi connectivity index (χ0n) is 12.2. The molecule has 23 heavy (non-hydrogen) atoms. The van der Waals surface area contributed by atoms with Crippen LogP contribution in [-0.2, 0) is 13.0 Å². The Labute approximate surface area is 143 Å². The molecule has 1 heterocycles. The molecule has 0 saturated carbocycles. The Morgan fingerprint density at radius 1 is 1.13 bits per heavy atom. The highest BCUT2D eigenvalue weighted by molar-refractivity contribution is 7.09. The predicted molar refractivity (Wildman–Crippen MR) is 91.9 cm³/mol. The van der Waals surface area contributed by atoms with Gasteiger partial charge >= 0.3 is 0 Å². The van der Waals surface area contributed by atoms with Gasteiger partial charge in [-0.2, -0.15) is 5.26 Å². The quantitative estimate of drug-likeness (QED) is 0.667. The molecule has 0 radical (unpaired) electrons. The highest BCUT2D eigenvalue weighted by Gasteiger charge is 2.06. The van der Waals surface area contributed by atoms with Gasteiger partial charge in [0.2, 0.25) is 0 Å². The summed E-state index contributed by atoms with van der Waals surface area (Å²) in [4.78, 5) is 4.58. The zero-order chi connectivity index (χ0) is 16.1. The lowest BCUT2D eigenvalue weighted by molar-refractivity contribution is 0.301. The van der Waals surface area contributed by atoms with Gasteiger partial charge in [0.15, 0.2) is 0 Å². The van der Waals surface area contributed by atoms with E-state index in [1.807, 2.05) is 41.8 Å². The lowest BCUT2D eigenvalue weighted by Crippen LogP contribution is -1.98. The van der Waals surface area contributed by atoms with Gasteiger partial charge in [-0.3, -0.25) is 0 Å². The minimum absolute atomic E-state index is 0.357. The second kappa shape index (κ2) is 7.28. The summed E-state index contributed by atoms with van der Waals surface area (Å²) in [7, 11) is 0. The molecule has 3 rings (SSSR count). The van der Waals surface area contributed by atoms with Crippen molar-refractivity contribution in [2.75, 3.05) is 0 Å². The maximum atomic E-state index is 9.05. The molecule has 0 unspecified atom stereocenters. The first-order valence-corrected chi connectivity index (χ1v) is 8.30. The molecule has 0 spiro atoms. The van der Waals surface area contributed by atoms with Gasteiger partial charge in [-0.1, -0.05) is 35.9 Å². The highest BCUT2D eigenvalue weighted by atomic mass is 35.5. The lowest BCUT2D eigenvalue weighted by Gasteiger charge is -2.05. The molecule has 0 atom stereocenters. The Hall–Kier alpha value is -2.35. The van der Waals surface area contributed by atoms with E-state index in [1.165, 1.54) is 5.56 Å². The first-order valence-electron chi connectivity index (χ1n) is 7.04. The van der Waals surface area contributed by atoms with Gasteiger partial charge in [-0.15, -0.1) is 11.3 Å². The molecule has 5 heteroatoms. The molecule has 0 aliphatic rings. The van der Waals surface area contributed by atoms with Gasteiger partial charge in [-0.25, -0.2) is 4.98 Å². The fourth-order valence-electron chi connectivity index (χ4n) is 2.11. The van der Waals surface area contributed by atoms with E-state index in [4.69, 9.17) is 21.6 Å². The number of aromatic nitrogens is 1. The highest BCUT2D eigenvalue weighted by Crippen LogP contribution is 2.20. The van der Waals surface area contributed by atoms with Gasteiger partial charge in [-0.05, 0) is 29.8 Å². The predicted octanol–water partition coefficient (Wildman–Crippen LogP) is 4.84. The number of nitriles is 1. The fourth-order valence-corrected chi connectivity index (χ4v) is 3.05. The first-order chi connectivity index (χ1) is 11.2. The topological polar surface area (TPSA) is 45.9 Å². The average molecular weight is 341 g/mol. The summed E-state index contributed by atoms with van der Waals surface area (Å²) in [6.07, 6.45) is 0.774. The second-order valence-electron chi connectivity index (χ2n) is 4.93. The van der Waals surface area contributed by atoms with Crippen LogP contribution in [0.4, 0.5) is 0 Å². The van der Waals surface area contributed by atoms with E-state index in [1.54, 1.807) is 23.5 Å². The van der Waals surface area contributed by atoms with E-state index < -0.39 is 0 Å². The van der Waals surface area contributed by atoms with Gasteiger partial charge in [0.25, 0.3) is 0 Å². The number of hydrogen-bond donors (Lipinski definition) is 0. The number of ether oxygens (including phenoxy) is 1. The monoisotopic (exact) mass is 340 g/mol. The molecule has 3 nitrogen and oxygen atoms in total. The number of halogens is 1. The van der Waals surface area contributed by atoms with E-state index in [9.17, 15) is 0 Å².